The van der Waals surface area contributed by atoms with Crippen molar-refractivity contribution in [2.45, 2.75) is 12.5 Å². The van der Waals surface area contributed by atoms with Crippen molar-refractivity contribution >= 4 is 46.1 Å². The number of nitrogens with one attached hydrogen (secondary N) is 1. The highest BCUT2D eigenvalue weighted by atomic mass is 32.2. The fourth-order valence-corrected chi connectivity index (χ4v) is 3.78. The van der Waals surface area contributed by atoms with Crippen LogP contribution in [-0.2, 0) is 4.79 Å². The molecule has 0 aliphatic carbocycles. The summed E-state index contributed by atoms with van der Waals surface area (Å²) in [5.74, 6) is -0.0494. The molecule has 9 heteroatoms. The summed E-state index contributed by atoms with van der Waals surface area (Å²) in [6.45, 7) is 0. The van der Waals surface area contributed by atoms with Gasteiger partial charge in [-0.05, 0) is 18.2 Å². The van der Waals surface area contributed by atoms with Crippen LogP contribution in [0, 0.1) is 10.1 Å². The van der Waals surface area contributed by atoms with Crippen molar-refractivity contribution in [1.29, 1.82) is 0 Å². The molecule has 2 aromatic carbocycles. The molecule has 1 atom stereocenters. The molecule has 1 unspecified atom stereocenters. The predicted molar refractivity (Wildman–Crippen MR) is 105 cm³/mol. The first-order chi connectivity index (χ1) is 13.1. The average molecular weight is 381 g/mol. The van der Waals surface area contributed by atoms with E-state index in [0.29, 0.717) is 10.9 Å². The molecule has 27 heavy (non-hydrogen) atoms. The van der Waals surface area contributed by atoms with Gasteiger partial charge in [0.1, 0.15) is 0 Å². The van der Waals surface area contributed by atoms with Gasteiger partial charge in [0.15, 0.2) is 5.17 Å². The number of anilines is 1. The lowest BCUT2D eigenvalue weighted by Gasteiger charge is -2.29. The van der Waals surface area contributed by atoms with E-state index in [1.54, 1.807) is 0 Å². The van der Waals surface area contributed by atoms with Crippen molar-refractivity contribution in [2.24, 2.45) is 10.1 Å². The zero-order chi connectivity index (χ0) is 18.8. The lowest BCUT2D eigenvalue weighted by molar-refractivity contribution is -0.384. The largest absolute Gasteiger partial charge is 0.325 e. The Bertz CT molecular complexity index is 958. The minimum atomic E-state index is -0.479. The Morgan fingerprint density at radius 1 is 1.26 bits per heavy atom. The summed E-state index contributed by atoms with van der Waals surface area (Å²) in [4.78, 5) is 27.1. The molecule has 2 heterocycles. The molecule has 0 bridgehead atoms. The van der Waals surface area contributed by atoms with Crippen molar-refractivity contribution in [3.8, 4) is 0 Å². The lowest BCUT2D eigenvalue weighted by Crippen LogP contribution is -2.29. The van der Waals surface area contributed by atoms with Gasteiger partial charge in [0, 0.05) is 36.0 Å². The van der Waals surface area contributed by atoms with Crippen LogP contribution < -0.4 is 5.32 Å². The highest BCUT2D eigenvalue weighted by molar-refractivity contribution is 8.14. The number of hydrogen-bond donors (Lipinski definition) is 1. The lowest BCUT2D eigenvalue weighted by atomic mass is 10.0. The van der Waals surface area contributed by atoms with E-state index in [1.165, 1.54) is 36.0 Å². The monoisotopic (exact) mass is 381 g/mol. The van der Waals surface area contributed by atoms with Gasteiger partial charge in [-0.1, -0.05) is 30.0 Å². The molecular formula is C18H15N5O3S. The van der Waals surface area contributed by atoms with Crippen LogP contribution >= 0.6 is 11.8 Å². The Balaban J connectivity index is 1.42. The molecule has 136 valence electrons. The molecule has 0 saturated carbocycles. The fourth-order valence-electron chi connectivity index (χ4n) is 2.97. The van der Waals surface area contributed by atoms with Crippen LogP contribution in [0.4, 0.5) is 17.1 Å². The summed E-state index contributed by atoms with van der Waals surface area (Å²) in [6.07, 6.45) is 2.67. The number of rotatable bonds is 4. The minimum Gasteiger partial charge on any atom is -0.325 e. The second kappa shape index (κ2) is 7.20. The van der Waals surface area contributed by atoms with Crippen molar-refractivity contribution < 1.29 is 9.72 Å². The number of non-ortho nitro benzene ring substituents is 1. The maximum Gasteiger partial charge on any atom is 0.269 e. The van der Waals surface area contributed by atoms with E-state index < -0.39 is 4.92 Å². The number of nitro groups is 1. The quantitative estimate of drug-likeness (QED) is 0.643. The molecule has 0 aromatic heterocycles. The van der Waals surface area contributed by atoms with Crippen LogP contribution in [-0.4, -0.2) is 33.0 Å². The van der Waals surface area contributed by atoms with Gasteiger partial charge in [0.25, 0.3) is 5.69 Å². The van der Waals surface area contributed by atoms with Crippen LogP contribution in [0.2, 0.25) is 0 Å². The fraction of sp³-hybridized carbons (Fsp3) is 0.167. The number of carbonyl (C=O) groups is 1. The molecule has 0 radical (unpaired) electrons. The molecule has 2 aliphatic heterocycles. The summed E-state index contributed by atoms with van der Waals surface area (Å²) in [5.41, 5.74) is 2.53. The Kier molecular flexibility index (Phi) is 4.59. The number of thioether (sulfide) groups is 1. The molecule has 8 nitrogen and oxygen atoms in total. The maximum atomic E-state index is 12.2. The molecule has 2 aromatic rings. The van der Waals surface area contributed by atoms with Gasteiger partial charge < -0.3 is 5.32 Å². The number of hydrogen-bond acceptors (Lipinski definition) is 7. The first-order valence-electron chi connectivity index (χ1n) is 8.28. The maximum absolute atomic E-state index is 12.2. The van der Waals surface area contributed by atoms with E-state index in [2.05, 4.69) is 15.4 Å². The Labute approximate surface area is 159 Å². The van der Waals surface area contributed by atoms with E-state index >= 15 is 0 Å². The number of carbonyl (C=O) groups excluding carboxylic acids is 1. The summed E-state index contributed by atoms with van der Waals surface area (Å²) < 4.78 is 0. The number of para-hydroxylation sites is 1. The smallest absolute Gasteiger partial charge is 0.269 e. The molecule has 0 saturated heterocycles. The molecule has 1 N–H and O–H groups in total. The average Bonchev–Trinajstić information content (AvgIpc) is 3.17. The summed E-state index contributed by atoms with van der Waals surface area (Å²) in [6, 6.07) is 13.8. The topological polar surface area (TPSA) is 100 Å². The summed E-state index contributed by atoms with van der Waals surface area (Å²) >= 11 is 1.31. The number of aliphatic imine (C=N–C) groups is 1. The van der Waals surface area contributed by atoms with Gasteiger partial charge in [-0.3, -0.25) is 14.9 Å². The highest BCUT2D eigenvalue weighted by Crippen LogP contribution is 2.40. The number of benzene rings is 2. The van der Waals surface area contributed by atoms with Crippen molar-refractivity contribution in [3.63, 3.8) is 0 Å². The Morgan fingerprint density at radius 2 is 2.04 bits per heavy atom. The number of fused-ring (bicyclic) bond motifs is 3. The number of nitro benzene ring substituents is 1. The molecule has 0 fully saturated rings. The van der Waals surface area contributed by atoms with Crippen molar-refractivity contribution in [2.75, 3.05) is 11.1 Å². The van der Waals surface area contributed by atoms with Crippen molar-refractivity contribution in [3.05, 3.63) is 64.2 Å². The molecular weight excluding hydrogens is 366 g/mol. The number of amides is 1. The normalized spacial score (nSPS) is 17.1. The predicted octanol–water partition coefficient (Wildman–Crippen LogP) is 3.70. The minimum absolute atomic E-state index is 0.0180. The summed E-state index contributed by atoms with van der Waals surface area (Å²) in [5, 5.41) is 20.3. The molecule has 2 aliphatic rings. The van der Waals surface area contributed by atoms with Crippen LogP contribution in [0.25, 0.3) is 0 Å². The van der Waals surface area contributed by atoms with Crippen LogP contribution in [0.3, 0.4) is 0 Å². The third kappa shape index (κ3) is 3.54. The van der Waals surface area contributed by atoms with Crippen LogP contribution in [0.5, 0.6) is 0 Å². The Hall–Kier alpha value is -3.20. The van der Waals surface area contributed by atoms with Crippen molar-refractivity contribution in [1.82, 2.24) is 5.01 Å². The van der Waals surface area contributed by atoms with Gasteiger partial charge in [0.2, 0.25) is 5.91 Å². The zero-order valence-electron chi connectivity index (χ0n) is 14.1. The first-order valence-corrected chi connectivity index (χ1v) is 9.27. The SMILES string of the molecule is O=C(CSC1=Nc2ccccc2C2CC=NN12)Nc1ccc([N+](=O)[O-])cc1. The number of nitrogens with zero attached hydrogens (tertiary/aromatic N) is 4. The van der Waals surface area contributed by atoms with E-state index in [1.807, 2.05) is 35.5 Å². The highest BCUT2D eigenvalue weighted by Gasteiger charge is 2.32. The van der Waals surface area contributed by atoms with Gasteiger partial charge in [-0.15, -0.1) is 0 Å². The van der Waals surface area contributed by atoms with Gasteiger partial charge in [0.05, 0.1) is 22.4 Å². The Morgan fingerprint density at radius 3 is 2.81 bits per heavy atom. The number of amidine groups is 1. The van der Waals surface area contributed by atoms with E-state index in [9.17, 15) is 14.9 Å². The van der Waals surface area contributed by atoms with E-state index in [4.69, 9.17) is 0 Å². The van der Waals surface area contributed by atoms with Gasteiger partial charge in [-0.25, -0.2) is 10.0 Å². The van der Waals surface area contributed by atoms with E-state index in [-0.39, 0.29) is 23.4 Å². The number of hydrazone groups is 1. The zero-order valence-corrected chi connectivity index (χ0v) is 14.9. The third-order valence-corrected chi connectivity index (χ3v) is 5.18. The molecule has 4 rings (SSSR count). The van der Waals surface area contributed by atoms with Gasteiger partial charge in [-0.2, -0.15) is 5.10 Å². The first kappa shape index (κ1) is 17.2. The van der Waals surface area contributed by atoms with E-state index in [0.717, 1.165) is 17.7 Å². The third-order valence-electron chi connectivity index (χ3n) is 4.23. The standard InChI is InChI=1S/C18H15N5O3S/c24-17(20-12-5-7-13(8-6-12)23(25)26)11-27-18-21-15-4-2-1-3-14(15)16-9-10-19-22(16)18/h1-8,10,16H,9,11H2,(H,20,24). The second-order valence-corrected chi connectivity index (χ2v) is 6.93. The van der Waals surface area contributed by atoms with Crippen LogP contribution in [0.1, 0.15) is 18.0 Å². The second-order valence-electron chi connectivity index (χ2n) is 5.99. The summed E-state index contributed by atoms with van der Waals surface area (Å²) in [7, 11) is 0. The van der Waals surface area contributed by atoms with Gasteiger partial charge >= 0.3 is 0 Å². The molecule has 0 spiro atoms. The van der Waals surface area contributed by atoms with Crippen LogP contribution in [0.15, 0.2) is 58.6 Å². The molecule has 1 amide bonds.